The third-order valence-electron chi connectivity index (χ3n) is 3.74. The van der Waals surface area contributed by atoms with Crippen molar-refractivity contribution in [1.29, 1.82) is 0 Å². The number of rotatable bonds is 3. The minimum Gasteiger partial charge on any atom is -0.318 e. The molecule has 0 amide bonds. The number of nitrogens with zero attached hydrogens (tertiary/aromatic N) is 2. The van der Waals surface area contributed by atoms with Gasteiger partial charge in [-0.15, -0.1) is 10.2 Å². The lowest BCUT2D eigenvalue weighted by Gasteiger charge is -2.19. The van der Waals surface area contributed by atoms with Gasteiger partial charge in [0.25, 0.3) is 0 Å². The Balaban J connectivity index is 1.87. The second kappa shape index (κ2) is 5.82. The highest BCUT2D eigenvalue weighted by Crippen LogP contribution is 2.36. The molecule has 1 aliphatic rings. The van der Waals surface area contributed by atoms with E-state index in [0.717, 1.165) is 18.4 Å². The molecular weight excluding hydrogens is 306 g/mol. The van der Waals surface area contributed by atoms with Gasteiger partial charge in [0, 0.05) is 0 Å². The average Bonchev–Trinajstić information content (AvgIpc) is 2.96. The van der Waals surface area contributed by atoms with Gasteiger partial charge >= 0.3 is 0 Å². The Morgan fingerprint density at radius 2 is 1.95 bits per heavy atom. The molecule has 3 rings (SSSR count). The van der Waals surface area contributed by atoms with Gasteiger partial charge in [-0.2, -0.15) is 0 Å². The van der Waals surface area contributed by atoms with Crippen LogP contribution >= 0.6 is 11.3 Å². The normalized spacial score (nSPS) is 22.8. The van der Waals surface area contributed by atoms with Crippen LogP contribution in [0.4, 0.5) is 0 Å². The SMILES string of the molecule is NC(c1ccccc1)c1nnc(C2CCCCS2(=O)=O)s1. The van der Waals surface area contributed by atoms with Crippen molar-refractivity contribution in [2.45, 2.75) is 30.6 Å². The van der Waals surface area contributed by atoms with Crippen molar-refractivity contribution in [3.05, 3.63) is 45.9 Å². The van der Waals surface area contributed by atoms with E-state index in [0.29, 0.717) is 16.4 Å². The summed E-state index contributed by atoms with van der Waals surface area (Å²) in [6.45, 7) is 0. The molecule has 1 aromatic heterocycles. The number of benzene rings is 1. The number of hydrogen-bond donors (Lipinski definition) is 1. The molecule has 1 aliphatic heterocycles. The lowest BCUT2D eigenvalue weighted by molar-refractivity contribution is 0.544. The van der Waals surface area contributed by atoms with E-state index in [4.69, 9.17) is 5.73 Å². The van der Waals surface area contributed by atoms with Crippen LogP contribution in [0.25, 0.3) is 0 Å². The molecular formula is C14H17N3O2S2. The summed E-state index contributed by atoms with van der Waals surface area (Å²) in [7, 11) is -3.09. The molecule has 112 valence electrons. The largest absolute Gasteiger partial charge is 0.318 e. The molecule has 1 fully saturated rings. The maximum Gasteiger partial charge on any atom is 0.159 e. The molecule has 2 unspecified atom stereocenters. The number of aromatic nitrogens is 2. The summed E-state index contributed by atoms with van der Waals surface area (Å²) in [5.74, 6) is 0.247. The van der Waals surface area contributed by atoms with Gasteiger partial charge in [-0.1, -0.05) is 48.1 Å². The average molecular weight is 323 g/mol. The van der Waals surface area contributed by atoms with E-state index in [1.165, 1.54) is 11.3 Å². The van der Waals surface area contributed by atoms with E-state index in [-0.39, 0.29) is 11.8 Å². The van der Waals surface area contributed by atoms with Crippen LogP contribution in [-0.4, -0.2) is 24.4 Å². The Kier molecular flexibility index (Phi) is 4.05. The standard InChI is InChI=1S/C14H17N3O2S2/c15-12(10-6-2-1-3-7-10)14-17-16-13(20-14)11-8-4-5-9-21(11,18)19/h1-3,6-7,11-12H,4-5,8-9,15H2. The number of hydrogen-bond acceptors (Lipinski definition) is 6. The van der Waals surface area contributed by atoms with E-state index < -0.39 is 15.1 Å². The summed E-state index contributed by atoms with van der Waals surface area (Å²) in [6.07, 6.45) is 2.30. The van der Waals surface area contributed by atoms with E-state index in [2.05, 4.69) is 10.2 Å². The van der Waals surface area contributed by atoms with Gasteiger partial charge in [0.2, 0.25) is 0 Å². The second-order valence-corrected chi connectivity index (χ2v) is 8.56. The van der Waals surface area contributed by atoms with Crippen LogP contribution in [0.5, 0.6) is 0 Å². The van der Waals surface area contributed by atoms with Crippen LogP contribution in [0, 0.1) is 0 Å². The number of sulfone groups is 1. The molecule has 0 spiro atoms. The van der Waals surface area contributed by atoms with Gasteiger partial charge in [0.15, 0.2) is 9.84 Å². The van der Waals surface area contributed by atoms with Crippen LogP contribution < -0.4 is 5.73 Å². The molecule has 0 saturated carbocycles. The smallest absolute Gasteiger partial charge is 0.159 e. The van der Waals surface area contributed by atoms with Gasteiger partial charge in [0.05, 0.1) is 11.8 Å². The Morgan fingerprint density at radius 3 is 2.67 bits per heavy atom. The summed E-state index contributed by atoms with van der Waals surface area (Å²) >= 11 is 1.32. The zero-order chi connectivity index (χ0) is 14.9. The van der Waals surface area contributed by atoms with Crippen molar-refractivity contribution in [2.24, 2.45) is 5.73 Å². The summed E-state index contributed by atoms with van der Waals surface area (Å²) in [4.78, 5) is 0. The monoisotopic (exact) mass is 323 g/mol. The first kappa shape index (κ1) is 14.6. The zero-order valence-electron chi connectivity index (χ0n) is 11.5. The Labute approximate surface area is 128 Å². The molecule has 7 heteroatoms. The van der Waals surface area contributed by atoms with Crippen molar-refractivity contribution in [1.82, 2.24) is 10.2 Å². The van der Waals surface area contributed by atoms with E-state index in [9.17, 15) is 8.42 Å². The highest BCUT2D eigenvalue weighted by Gasteiger charge is 2.33. The Bertz CT molecular complexity index is 713. The molecule has 0 aliphatic carbocycles. The maximum atomic E-state index is 12.1. The first-order valence-corrected chi connectivity index (χ1v) is 9.46. The fourth-order valence-corrected chi connectivity index (χ4v) is 5.78. The quantitative estimate of drug-likeness (QED) is 0.936. The minimum atomic E-state index is -3.09. The van der Waals surface area contributed by atoms with Crippen LogP contribution in [0.3, 0.4) is 0 Å². The summed E-state index contributed by atoms with van der Waals surface area (Å²) < 4.78 is 24.3. The summed E-state index contributed by atoms with van der Waals surface area (Å²) in [5, 5.41) is 8.95. The Morgan fingerprint density at radius 1 is 1.19 bits per heavy atom. The minimum absolute atomic E-state index is 0.247. The van der Waals surface area contributed by atoms with Gasteiger partial charge in [-0.25, -0.2) is 8.42 Å². The van der Waals surface area contributed by atoms with E-state index in [1.54, 1.807) is 0 Å². The van der Waals surface area contributed by atoms with Crippen molar-refractivity contribution >= 4 is 21.2 Å². The zero-order valence-corrected chi connectivity index (χ0v) is 13.1. The van der Waals surface area contributed by atoms with Crippen LogP contribution in [-0.2, 0) is 9.84 Å². The third kappa shape index (κ3) is 3.00. The summed E-state index contributed by atoms with van der Waals surface area (Å²) in [6, 6.07) is 9.28. The first-order chi connectivity index (χ1) is 10.1. The first-order valence-electron chi connectivity index (χ1n) is 6.93. The van der Waals surface area contributed by atoms with Crippen molar-refractivity contribution in [3.8, 4) is 0 Å². The molecule has 2 atom stereocenters. The fraction of sp³-hybridized carbons (Fsp3) is 0.429. The lowest BCUT2D eigenvalue weighted by atomic mass is 10.1. The molecule has 1 aromatic carbocycles. The van der Waals surface area contributed by atoms with Crippen LogP contribution in [0.1, 0.15) is 46.1 Å². The molecule has 0 bridgehead atoms. The molecule has 2 heterocycles. The highest BCUT2D eigenvalue weighted by molar-refractivity contribution is 7.91. The predicted molar refractivity (Wildman–Crippen MR) is 82.8 cm³/mol. The van der Waals surface area contributed by atoms with E-state index >= 15 is 0 Å². The van der Waals surface area contributed by atoms with Crippen molar-refractivity contribution in [2.75, 3.05) is 5.75 Å². The molecule has 5 nitrogen and oxygen atoms in total. The highest BCUT2D eigenvalue weighted by atomic mass is 32.2. The second-order valence-electron chi connectivity index (χ2n) is 5.22. The lowest BCUT2D eigenvalue weighted by Crippen LogP contribution is -2.21. The van der Waals surface area contributed by atoms with Gasteiger partial charge in [-0.3, -0.25) is 0 Å². The van der Waals surface area contributed by atoms with Gasteiger partial charge in [-0.05, 0) is 18.4 Å². The van der Waals surface area contributed by atoms with Crippen LogP contribution in [0.15, 0.2) is 30.3 Å². The topological polar surface area (TPSA) is 85.9 Å². The molecule has 1 saturated heterocycles. The molecule has 0 radical (unpaired) electrons. The summed E-state index contributed by atoms with van der Waals surface area (Å²) in [5.41, 5.74) is 7.14. The third-order valence-corrected chi connectivity index (χ3v) is 7.19. The van der Waals surface area contributed by atoms with Crippen molar-refractivity contribution < 1.29 is 8.42 Å². The molecule has 2 aromatic rings. The van der Waals surface area contributed by atoms with Crippen molar-refractivity contribution in [3.63, 3.8) is 0 Å². The maximum absolute atomic E-state index is 12.1. The van der Waals surface area contributed by atoms with Crippen LogP contribution in [0.2, 0.25) is 0 Å². The molecule has 21 heavy (non-hydrogen) atoms. The van der Waals surface area contributed by atoms with Gasteiger partial charge < -0.3 is 5.73 Å². The Hall–Kier alpha value is -1.31. The molecule has 2 N–H and O–H groups in total. The van der Waals surface area contributed by atoms with E-state index in [1.807, 2.05) is 30.3 Å². The predicted octanol–water partition coefficient (Wildman–Crippen LogP) is 2.23. The fourth-order valence-electron chi connectivity index (χ4n) is 2.54. The number of nitrogens with two attached hydrogens (primary N) is 1. The van der Waals surface area contributed by atoms with Gasteiger partial charge in [0.1, 0.15) is 15.3 Å².